The number of fused-ring (bicyclic) bond motifs is 5. The van der Waals surface area contributed by atoms with Crippen LogP contribution in [-0.4, -0.2) is 79.8 Å². The highest BCUT2D eigenvalue weighted by Gasteiger charge is 2.63. The Morgan fingerprint density at radius 1 is 1.10 bits per heavy atom. The molecule has 5 aliphatic heterocycles. The van der Waals surface area contributed by atoms with Gasteiger partial charge in [-0.05, 0) is 44.2 Å². The number of benzene rings is 1. The number of carbonyl (C=O) groups excluding carboxylic acids is 4. The molecule has 4 unspecified atom stereocenters. The SMILES string of the molecule is CC1CN2c3c(cc4c(N5C(=O)OCC5C5CCOCC5)noc4c3F)CC3(C(=O)NC(=O)NC3=O)C2C(C)O1. The highest BCUT2D eigenvalue weighted by atomic mass is 19.1. The summed E-state index contributed by atoms with van der Waals surface area (Å²) in [6.07, 6.45) is -0.342. The van der Waals surface area contributed by atoms with Crippen LogP contribution in [0.3, 0.4) is 0 Å². The van der Waals surface area contributed by atoms with Gasteiger partial charge >= 0.3 is 12.1 Å². The second kappa shape index (κ2) is 8.86. The van der Waals surface area contributed by atoms with Gasteiger partial charge in [0.2, 0.25) is 17.4 Å². The number of ether oxygens (including phenoxy) is 3. The Morgan fingerprint density at radius 3 is 2.55 bits per heavy atom. The van der Waals surface area contributed by atoms with E-state index >= 15 is 4.39 Å². The maximum absolute atomic E-state index is 16.4. The van der Waals surface area contributed by atoms with Crippen LogP contribution in [0, 0.1) is 17.2 Å². The number of imide groups is 2. The van der Waals surface area contributed by atoms with Crippen molar-refractivity contribution in [3.8, 4) is 0 Å². The Labute approximate surface area is 227 Å². The highest BCUT2D eigenvalue weighted by Crippen LogP contribution is 2.50. The van der Waals surface area contributed by atoms with Crippen molar-refractivity contribution in [2.75, 3.05) is 36.2 Å². The molecule has 4 atom stereocenters. The van der Waals surface area contributed by atoms with Gasteiger partial charge in [-0.1, -0.05) is 5.16 Å². The maximum Gasteiger partial charge on any atom is 0.416 e. The number of rotatable bonds is 2. The predicted molar refractivity (Wildman–Crippen MR) is 134 cm³/mol. The van der Waals surface area contributed by atoms with Gasteiger partial charge in [-0.25, -0.2) is 14.0 Å². The van der Waals surface area contributed by atoms with E-state index < -0.39 is 47.3 Å². The molecular weight excluding hydrogens is 529 g/mol. The summed E-state index contributed by atoms with van der Waals surface area (Å²) in [4.78, 5) is 54.8. The predicted octanol–water partition coefficient (Wildman–Crippen LogP) is 1.61. The Balaban J connectivity index is 1.39. The number of aromatic nitrogens is 1. The fourth-order valence-electron chi connectivity index (χ4n) is 7.24. The lowest BCUT2D eigenvalue weighted by Gasteiger charge is -2.55. The van der Waals surface area contributed by atoms with Gasteiger partial charge in [0, 0.05) is 26.2 Å². The number of anilines is 2. The number of amides is 5. The molecule has 212 valence electrons. The number of morpholine rings is 1. The molecule has 1 spiro atoms. The molecule has 2 aromatic rings. The number of carbonyl (C=O) groups is 4. The van der Waals surface area contributed by atoms with E-state index in [0.717, 1.165) is 12.8 Å². The summed E-state index contributed by atoms with van der Waals surface area (Å²) in [6.45, 7) is 5.01. The van der Waals surface area contributed by atoms with Gasteiger partial charge in [-0.3, -0.25) is 25.1 Å². The van der Waals surface area contributed by atoms with E-state index in [1.165, 1.54) is 4.90 Å². The molecule has 1 aromatic carbocycles. The van der Waals surface area contributed by atoms with E-state index in [9.17, 15) is 19.2 Å². The van der Waals surface area contributed by atoms with Gasteiger partial charge in [0.25, 0.3) is 0 Å². The average molecular weight is 558 g/mol. The molecule has 0 saturated carbocycles. The first-order valence-corrected chi connectivity index (χ1v) is 13.4. The standard InChI is InChI=1S/C26H28FN5O8/c1-11-9-31-18-14(8-26(20(31)12(2)39-11)22(33)28-24(35)29-23(26)34)7-15-19(17(18)27)40-30-21(15)32-16(10-38-25(32)36)13-3-5-37-6-4-13/h7,11-13,16,20H,3-6,8-10H2,1-2H3,(H2,28,29,33,34,35). The molecule has 4 saturated heterocycles. The minimum atomic E-state index is -1.77. The number of cyclic esters (lactones) is 1. The van der Waals surface area contributed by atoms with Crippen molar-refractivity contribution in [2.45, 2.75) is 57.4 Å². The van der Waals surface area contributed by atoms with Crippen LogP contribution >= 0.6 is 0 Å². The van der Waals surface area contributed by atoms with Crippen molar-refractivity contribution in [1.82, 2.24) is 15.8 Å². The van der Waals surface area contributed by atoms with Crippen molar-refractivity contribution in [3.05, 3.63) is 17.4 Å². The molecule has 0 bridgehead atoms. The summed E-state index contributed by atoms with van der Waals surface area (Å²) in [5.41, 5.74) is -1.39. The third-order valence-corrected chi connectivity index (χ3v) is 8.89. The Bertz CT molecular complexity index is 1430. The smallest absolute Gasteiger partial charge is 0.416 e. The number of nitrogens with one attached hydrogen (secondary N) is 2. The van der Waals surface area contributed by atoms with Gasteiger partial charge in [0.1, 0.15) is 6.61 Å². The van der Waals surface area contributed by atoms with Crippen molar-refractivity contribution < 1.29 is 42.3 Å². The molecule has 6 heterocycles. The van der Waals surface area contributed by atoms with Gasteiger partial charge < -0.3 is 23.6 Å². The summed E-state index contributed by atoms with van der Waals surface area (Å²) >= 11 is 0. The minimum Gasteiger partial charge on any atom is -0.447 e. The number of hydrogen-bond acceptors (Lipinski definition) is 10. The molecule has 14 heteroatoms. The molecule has 0 aliphatic carbocycles. The molecule has 5 aliphatic rings. The van der Waals surface area contributed by atoms with Crippen molar-refractivity contribution >= 4 is 46.4 Å². The van der Waals surface area contributed by atoms with Crippen LogP contribution in [0.2, 0.25) is 0 Å². The minimum absolute atomic E-state index is 0.0990. The van der Waals surface area contributed by atoms with E-state index in [1.54, 1.807) is 17.9 Å². The van der Waals surface area contributed by atoms with Crippen LogP contribution in [0.1, 0.15) is 32.3 Å². The number of halogens is 1. The Morgan fingerprint density at radius 2 is 1.82 bits per heavy atom. The highest BCUT2D eigenvalue weighted by molar-refractivity contribution is 6.20. The van der Waals surface area contributed by atoms with E-state index in [-0.39, 0.29) is 60.1 Å². The zero-order valence-electron chi connectivity index (χ0n) is 21.9. The van der Waals surface area contributed by atoms with Crippen LogP contribution in [0.4, 0.5) is 25.5 Å². The zero-order chi connectivity index (χ0) is 27.9. The van der Waals surface area contributed by atoms with Crippen LogP contribution < -0.4 is 20.4 Å². The monoisotopic (exact) mass is 557 g/mol. The van der Waals surface area contributed by atoms with E-state index in [2.05, 4.69) is 15.8 Å². The number of nitrogens with zero attached hydrogens (tertiary/aromatic N) is 3. The molecule has 0 radical (unpaired) electrons. The van der Waals surface area contributed by atoms with Gasteiger partial charge in [0.15, 0.2) is 17.1 Å². The largest absolute Gasteiger partial charge is 0.447 e. The fraction of sp³-hybridized carbons (Fsp3) is 0.577. The Hall–Kier alpha value is -3.78. The topological polar surface area (TPSA) is 153 Å². The van der Waals surface area contributed by atoms with Crippen molar-refractivity contribution in [1.29, 1.82) is 0 Å². The third-order valence-electron chi connectivity index (χ3n) is 8.89. The molecule has 13 nitrogen and oxygen atoms in total. The molecular formula is C26H28FN5O8. The Kier molecular flexibility index (Phi) is 5.58. The lowest BCUT2D eigenvalue weighted by molar-refractivity contribution is -0.153. The van der Waals surface area contributed by atoms with E-state index in [4.69, 9.17) is 18.7 Å². The molecule has 7 rings (SSSR count). The van der Waals surface area contributed by atoms with E-state index in [0.29, 0.717) is 18.8 Å². The lowest BCUT2D eigenvalue weighted by Crippen LogP contribution is -2.75. The first kappa shape index (κ1) is 25.2. The zero-order valence-corrected chi connectivity index (χ0v) is 21.9. The number of urea groups is 1. The van der Waals surface area contributed by atoms with Gasteiger partial charge in [0.05, 0.1) is 35.4 Å². The molecule has 2 N–H and O–H groups in total. The summed E-state index contributed by atoms with van der Waals surface area (Å²) in [7, 11) is 0. The van der Waals surface area contributed by atoms with Crippen LogP contribution in [0.25, 0.3) is 11.0 Å². The van der Waals surface area contributed by atoms with Crippen LogP contribution in [0.15, 0.2) is 10.6 Å². The second-order valence-corrected chi connectivity index (χ2v) is 11.2. The maximum atomic E-state index is 16.4. The molecule has 40 heavy (non-hydrogen) atoms. The van der Waals surface area contributed by atoms with Crippen molar-refractivity contribution in [3.63, 3.8) is 0 Å². The summed E-state index contributed by atoms with van der Waals surface area (Å²) < 4.78 is 38.8. The quantitative estimate of drug-likeness (QED) is 0.521. The normalized spacial score (nSPS) is 30.3. The fourth-order valence-corrected chi connectivity index (χ4v) is 7.24. The van der Waals surface area contributed by atoms with Gasteiger partial charge in [-0.15, -0.1) is 0 Å². The first-order valence-electron chi connectivity index (χ1n) is 13.4. The second-order valence-electron chi connectivity index (χ2n) is 11.2. The summed E-state index contributed by atoms with van der Waals surface area (Å²) in [5, 5.41) is 8.78. The number of barbiturate groups is 1. The summed E-state index contributed by atoms with van der Waals surface area (Å²) in [6, 6.07) is -0.525. The number of hydrogen-bond donors (Lipinski definition) is 2. The molecule has 1 aromatic heterocycles. The average Bonchev–Trinajstić information content (AvgIpc) is 3.50. The summed E-state index contributed by atoms with van der Waals surface area (Å²) in [5.74, 6) is -2.05. The van der Waals surface area contributed by atoms with Gasteiger partial charge in [-0.2, -0.15) is 0 Å². The van der Waals surface area contributed by atoms with Crippen LogP contribution in [-0.2, 0) is 30.2 Å². The molecule has 5 amide bonds. The van der Waals surface area contributed by atoms with E-state index in [1.807, 2.05) is 6.92 Å². The van der Waals surface area contributed by atoms with Crippen LogP contribution in [0.5, 0.6) is 0 Å². The molecule has 4 fully saturated rings. The van der Waals surface area contributed by atoms with Crippen molar-refractivity contribution in [2.24, 2.45) is 11.3 Å². The first-order chi connectivity index (χ1) is 19.2. The lowest BCUT2D eigenvalue weighted by atomic mass is 9.66. The third kappa shape index (κ3) is 3.41.